The van der Waals surface area contributed by atoms with Crippen molar-refractivity contribution in [3.8, 4) is 17.2 Å². The number of hydrogen-bond donors (Lipinski definition) is 2. The molecule has 0 atom stereocenters. The molecule has 0 aliphatic rings. The smallest absolute Gasteiger partial charge is 0.160 e. The number of methoxy groups -OCH3 is 1. The van der Waals surface area contributed by atoms with E-state index >= 15 is 0 Å². The molecule has 0 spiro atoms. The zero-order valence-electron chi connectivity index (χ0n) is 10.9. The molecule has 3 heteroatoms. The average Bonchev–Trinajstić information content (AvgIpc) is 2.43. The first-order chi connectivity index (χ1) is 9.17. The van der Waals surface area contributed by atoms with Gasteiger partial charge in [-0.3, -0.25) is 0 Å². The van der Waals surface area contributed by atoms with Crippen molar-refractivity contribution in [1.29, 1.82) is 0 Å². The van der Waals surface area contributed by atoms with Gasteiger partial charge in [0.2, 0.25) is 0 Å². The summed E-state index contributed by atoms with van der Waals surface area (Å²) < 4.78 is 4.95. The fourth-order valence-corrected chi connectivity index (χ4v) is 1.44. The van der Waals surface area contributed by atoms with Crippen LogP contribution in [0.4, 0.5) is 0 Å². The van der Waals surface area contributed by atoms with E-state index in [1.807, 2.05) is 18.2 Å². The third kappa shape index (κ3) is 5.17. The number of ether oxygens (including phenoxy) is 1. The highest BCUT2D eigenvalue weighted by molar-refractivity contribution is 5.42. The second kappa shape index (κ2) is 7.82. The Hall–Kier alpha value is -2.42. The highest BCUT2D eigenvalue weighted by Crippen LogP contribution is 2.26. The normalized spacial score (nSPS) is 9.11. The number of rotatable bonds is 3. The lowest BCUT2D eigenvalue weighted by Gasteiger charge is -2.04. The number of hydrogen-bond acceptors (Lipinski definition) is 3. The zero-order chi connectivity index (χ0) is 14.1. The second-order valence-corrected chi connectivity index (χ2v) is 3.83. The van der Waals surface area contributed by atoms with Crippen molar-refractivity contribution in [3.63, 3.8) is 0 Å². The molecule has 0 amide bonds. The minimum Gasteiger partial charge on any atom is -0.508 e. The van der Waals surface area contributed by atoms with Crippen molar-refractivity contribution >= 4 is 0 Å². The Kier molecular flexibility index (Phi) is 6.03. The van der Waals surface area contributed by atoms with Crippen molar-refractivity contribution in [2.75, 3.05) is 7.11 Å². The van der Waals surface area contributed by atoms with Crippen LogP contribution in [-0.2, 0) is 6.42 Å². The van der Waals surface area contributed by atoms with Gasteiger partial charge in [-0.2, -0.15) is 0 Å². The molecule has 2 N–H and O–H groups in total. The van der Waals surface area contributed by atoms with Gasteiger partial charge in [0, 0.05) is 0 Å². The highest BCUT2D eigenvalue weighted by atomic mass is 16.5. The van der Waals surface area contributed by atoms with Crippen molar-refractivity contribution in [1.82, 2.24) is 0 Å². The van der Waals surface area contributed by atoms with Crippen LogP contribution in [0.1, 0.15) is 5.56 Å². The van der Waals surface area contributed by atoms with Crippen LogP contribution in [0.25, 0.3) is 0 Å². The van der Waals surface area contributed by atoms with Crippen LogP contribution >= 0.6 is 0 Å². The number of allylic oxidation sites excluding steroid dienone is 1. The van der Waals surface area contributed by atoms with E-state index in [1.54, 1.807) is 36.4 Å². The van der Waals surface area contributed by atoms with Gasteiger partial charge in [0.05, 0.1) is 7.11 Å². The Labute approximate surface area is 113 Å². The Bertz CT molecular complexity index is 507. The van der Waals surface area contributed by atoms with Crippen LogP contribution in [0.3, 0.4) is 0 Å². The predicted octanol–water partition coefficient (Wildman–Crippen LogP) is 3.52. The molecule has 100 valence electrons. The molecule has 0 aromatic heterocycles. The van der Waals surface area contributed by atoms with Crippen molar-refractivity contribution in [2.45, 2.75) is 6.42 Å². The summed E-state index contributed by atoms with van der Waals surface area (Å²) in [5.41, 5.74) is 1.08. The van der Waals surface area contributed by atoms with Crippen LogP contribution in [-0.4, -0.2) is 17.3 Å². The summed E-state index contributed by atoms with van der Waals surface area (Å²) in [4.78, 5) is 0. The first kappa shape index (κ1) is 14.6. The molecule has 0 heterocycles. The first-order valence-electron chi connectivity index (χ1n) is 5.88. The number of phenols is 2. The quantitative estimate of drug-likeness (QED) is 0.828. The molecule has 3 nitrogen and oxygen atoms in total. The average molecular weight is 258 g/mol. The van der Waals surface area contributed by atoms with Crippen LogP contribution in [0.5, 0.6) is 17.2 Å². The SMILES string of the molecule is C=CCc1ccc(O)c(OC)c1.Oc1ccccc1. The number of para-hydroxylation sites is 1. The Morgan fingerprint density at radius 3 is 2.26 bits per heavy atom. The Balaban J connectivity index is 0.000000218. The minimum absolute atomic E-state index is 0.172. The summed E-state index contributed by atoms with van der Waals surface area (Å²) in [6, 6.07) is 14.0. The third-order valence-corrected chi connectivity index (χ3v) is 2.38. The van der Waals surface area contributed by atoms with E-state index in [1.165, 1.54) is 7.11 Å². The topological polar surface area (TPSA) is 49.7 Å². The first-order valence-corrected chi connectivity index (χ1v) is 5.88. The van der Waals surface area contributed by atoms with Gasteiger partial charge in [0.15, 0.2) is 11.5 Å². The second-order valence-electron chi connectivity index (χ2n) is 3.83. The maximum Gasteiger partial charge on any atom is 0.160 e. The molecule has 0 unspecified atom stereocenters. The fourth-order valence-electron chi connectivity index (χ4n) is 1.44. The molecule has 0 aliphatic heterocycles. The van der Waals surface area contributed by atoms with Gasteiger partial charge in [-0.25, -0.2) is 0 Å². The lowest BCUT2D eigenvalue weighted by atomic mass is 10.1. The Morgan fingerprint density at radius 1 is 1.11 bits per heavy atom. The molecular formula is C16H18O3. The van der Waals surface area contributed by atoms with Gasteiger partial charge in [0.1, 0.15) is 5.75 Å². The van der Waals surface area contributed by atoms with Crippen LogP contribution in [0.15, 0.2) is 61.2 Å². The molecule has 2 rings (SSSR count). The van der Waals surface area contributed by atoms with Crippen molar-refractivity contribution < 1.29 is 14.9 Å². The van der Waals surface area contributed by atoms with Crippen LogP contribution in [0.2, 0.25) is 0 Å². The summed E-state index contributed by atoms with van der Waals surface area (Å²) in [7, 11) is 1.53. The van der Waals surface area contributed by atoms with Gasteiger partial charge < -0.3 is 14.9 Å². The molecule has 0 radical (unpaired) electrons. The van der Waals surface area contributed by atoms with Gasteiger partial charge in [-0.15, -0.1) is 6.58 Å². The summed E-state index contributed by atoms with van der Waals surface area (Å²) in [5.74, 6) is 1.00. The van der Waals surface area contributed by atoms with E-state index in [9.17, 15) is 5.11 Å². The third-order valence-electron chi connectivity index (χ3n) is 2.38. The standard InChI is InChI=1S/C10H12O2.C6H6O/c1-3-4-8-5-6-9(11)10(7-8)12-2;7-6-4-2-1-3-5-6/h3,5-7,11H,1,4H2,2H3;1-5,7H. The summed E-state index contributed by atoms with van der Waals surface area (Å²) in [6.45, 7) is 3.63. The van der Waals surface area contributed by atoms with Crippen molar-refractivity contribution in [2.24, 2.45) is 0 Å². The molecule has 2 aromatic carbocycles. The van der Waals surface area contributed by atoms with Gasteiger partial charge in [0.25, 0.3) is 0 Å². The van der Waals surface area contributed by atoms with E-state index in [2.05, 4.69) is 6.58 Å². The summed E-state index contributed by atoms with van der Waals surface area (Å²) in [5, 5.41) is 17.9. The number of aromatic hydroxyl groups is 2. The summed E-state index contributed by atoms with van der Waals surface area (Å²) in [6.07, 6.45) is 2.60. The van der Waals surface area contributed by atoms with E-state index in [0.717, 1.165) is 12.0 Å². The minimum atomic E-state index is 0.172. The van der Waals surface area contributed by atoms with E-state index in [-0.39, 0.29) is 5.75 Å². The molecule has 0 bridgehead atoms. The van der Waals surface area contributed by atoms with Gasteiger partial charge >= 0.3 is 0 Å². The maximum atomic E-state index is 9.25. The zero-order valence-corrected chi connectivity index (χ0v) is 10.9. The molecule has 0 saturated carbocycles. The van der Waals surface area contributed by atoms with Crippen LogP contribution < -0.4 is 4.74 Å². The largest absolute Gasteiger partial charge is 0.508 e. The van der Waals surface area contributed by atoms with Gasteiger partial charge in [-0.1, -0.05) is 30.3 Å². The van der Waals surface area contributed by atoms with E-state index in [4.69, 9.17) is 9.84 Å². The Morgan fingerprint density at radius 2 is 1.79 bits per heavy atom. The molecule has 19 heavy (non-hydrogen) atoms. The molecule has 0 aliphatic carbocycles. The monoisotopic (exact) mass is 258 g/mol. The summed E-state index contributed by atoms with van der Waals surface area (Å²) >= 11 is 0. The predicted molar refractivity (Wildman–Crippen MR) is 76.7 cm³/mol. The van der Waals surface area contributed by atoms with Crippen molar-refractivity contribution in [3.05, 3.63) is 66.7 Å². The molecular weight excluding hydrogens is 240 g/mol. The number of benzene rings is 2. The van der Waals surface area contributed by atoms with Gasteiger partial charge in [-0.05, 0) is 36.2 Å². The molecule has 0 fully saturated rings. The maximum absolute atomic E-state index is 9.25. The molecule has 0 saturated heterocycles. The van der Waals surface area contributed by atoms with E-state index in [0.29, 0.717) is 11.5 Å². The lowest BCUT2D eigenvalue weighted by molar-refractivity contribution is 0.373. The molecule has 2 aromatic rings. The lowest BCUT2D eigenvalue weighted by Crippen LogP contribution is -1.86. The van der Waals surface area contributed by atoms with Crippen LogP contribution in [0, 0.1) is 0 Å². The highest BCUT2D eigenvalue weighted by Gasteiger charge is 2.00. The number of phenolic OH excluding ortho intramolecular Hbond substituents is 2. The fraction of sp³-hybridized carbons (Fsp3) is 0.125. The van der Waals surface area contributed by atoms with E-state index < -0.39 is 0 Å².